The molecule has 0 spiro atoms. The normalized spacial score (nSPS) is 11.1. The third-order valence-corrected chi connectivity index (χ3v) is 3.01. The fourth-order valence-electron chi connectivity index (χ4n) is 1.95. The minimum absolute atomic E-state index is 0.448. The maximum absolute atomic E-state index is 11.7. The Hall–Kier alpha value is -2.57. The summed E-state index contributed by atoms with van der Waals surface area (Å²) in [5, 5.41) is 5.87. The molecule has 0 fully saturated rings. The third-order valence-electron chi connectivity index (χ3n) is 3.01. The van der Waals surface area contributed by atoms with Gasteiger partial charge in [0.05, 0.1) is 30.5 Å². The molecule has 0 atom stereocenters. The molecule has 0 aliphatic heterocycles. The van der Waals surface area contributed by atoms with Crippen LogP contribution in [0, 0.1) is 0 Å². The molecule has 0 bridgehead atoms. The Morgan fingerprint density at radius 1 is 1.30 bits per heavy atom. The van der Waals surface area contributed by atoms with Crippen molar-refractivity contribution in [1.29, 1.82) is 0 Å². The zero-order valence-corrected chi connectivity index (χ0v) is 14.0. The summed E-state index contributed by atoms with van der Waals surface area (Å²) < 4.78 is 7.25. The second-order valence-corrected chi connectivity index (χ2v) is 6.08. The number of imidazole rings is 1. The van der Waals surface area contributed by atoms with Crippen molar-refractivity contribution in [3.8, 4) is 0 Å². The van der Waals surface area contributed by atoms with Crippen LogP contribution in [0.4, 0.5) is 16.3 Å². The highest BCUT2D eigenvalue weighted by Crippen LogP contribution is 2.13. The quantitative estimate of drug-likeness (QED) is 0.884. The Bertz CT molecular complexity index is 643. The molecule has 2 aromatic rings. The maximum atomic E-state index is 11.7. The number of carbonyl (C=O) groups excluding carboxylic acids is 1. The average Bonchev–Trinajstić information content (AvgIpc) is 2.92. The predicted molar refractivity (Wildman–Crippen MR) is 89.3 cm³/mol. The smallest absolute Gasteiger partial charge is 0.413 e. The van der Waals surface area contributed by atoms with E-state index in [1.54, 1.807) is 12.3 Å². The van der Waals surface area contributed by atoms with Gasteiger partial charge in [-0.2, -0.15) is 0 Å². The second-order valence-electron chi connectivity index (χ2n) is 6.08. The van der Waals surface area contributed by atoms with Crippen molar-refractivity contribution >= 4 is 17.6 Å². The van der Waals surface area contributed by atoms with Gasteiger partial charge in [0.1, 0.15) is 11.4 Å². The van der Waals surface area contributed by atoms with E-state index in [9.17, 15) is 4.79 Å². The molecule has 0 aromatic carbocycles. The van der Waals surface area contributed by atoms with E-state index in [-0.39, 0.29) is 0 Å². The summed E-state index contributed by atoms with van der Waals surface area (Å²) in [4.78, 5) is 20.0. The fourth-order valence-corrected chi connectivity index (χ4v) is 1.95. The van der Waals surface area contributed by atoms with Gasteiger partial charge in [-0.1, -0.05) is 0 Å². The third kappa shape index (κ3) is 5.28. The molecule has 2 aromatic heterocycles. The highest BCUT2D eigenvalue weighted by atomic mass is 16.6. The number of rotatable bonds is 5. The van der Waals surface area contributed by atoms with Crippen LogP contribution in [0.25, 0.3) is 0 Å². The predicted octanol–water partition coefficient (Wildman–Crippen LogP) is 3.26. The number of aryl methyl sites for hydroxylation is 1. The van der Waals surface area contributed by atoms with E-state index in [1.165, 1.54) is 0 Å². The topological polar surface area (TPSA) is 81.1 Å². The number of hydrogen-bond donors (Lipinski definition) is 2. The van der Waals surface area contributed by atoms with Crippen molar-refractivity contribution < 1.29 is 9.53 Å². The van der Waals surface area contributed by atoms with E-state index in [0.717, 1.165) is 17.9 Å². The SMILES string of the molecule is CCn1cncc1CNc1ccc(NC(=O)OC(C)(C)C)nc1. The summed E-state index contributed by atoms with van der Waals surface area (Å²) in [6.07, 6.45) is 4.79. The van der Waals surface area contributed by atoms with Crippen molar-refractivity contribution in [3.05, 3.63) is 36.5 Å². The zero-order valence-electron chi connectivity index (χ0n) is 14.0. The van der Waals surface area contributed by atoms with Crippen molar-refractivity contribution in [3.63, 3.8) is 0 Å². The highest BCUT2D eigenvalue weighted by Gasteiger charge is 2.16. The second kappa shape index (κ2) is 7.13. The number of nitrogens with one attached hydrogen (secondary N) is 2. The standard InChI is InChI=1S/C16H23N5O2/c1-5-21-11-17-9-13(21)10-18-12-6-7-14(19-8-12)20-15(22)23-16(2,3)4/h6-9,11,18H,5,10H2,1-4H3,(H,19,20,22). The molecule has 1 amide bonds. The lowest BCUT2D eigenvalue weighted by molar-refractivity contribution is 0.0635. The Morgan fingerprint density at radius 3 is 2.70 bits per heavy atom. The molecule has 2 heterocycles. The number of amides is 1. The van der Waals surface area contributed by atoms with Crippen molar-refractivity contribution in [1.82, 2.24) is 14.5 Å². The Balaban J connectivity index is 1.88. The van der Waals surface area contributed by atoms with Gasteiger partial charge in [0.15, 0.2) is 0 Å². The molecule has 2 rings (SSSR count). The van der Waals surface area contributed by atoms with Gasteiger partial charge < -0.3 is 14.6 Å². The molecule has 0 aliphatic carbocycles. The summed E-state index contributed by atoms with van der Waals surface area (Å²) in [6.45, 7) is 9.06. The van der Waals surface area contributed by atoms with Crippen molar-refractivity contribution in [2.75, 3.05) is 10.6 Å². The number of carbonyl (C=O) groups is 1. The minimum Gasteiger partial charge on any atom is -0.444 e. The van der Waals surface area contributed by atoms with Crippen LogP contribution in [-0.4, -0.2) is 26.2 Å². The molecule has 0 saturated carbocycles. The van der Waals surface area contributed by atoms with Crippen LogP contribution in [0.5, 0.6) is 0 Å². The van der Waals surface area contributed by atoms with Gasteiger partial charge in [0, 0.05) is 12.7 Å². The molecular weight excluding hydrogens is 294 g/mol. The lowest BCUT2D eigenvalue weighted by Crippen LogP contribution is -2.27. The van der Waals surface area contributed by atoms with Crippen LogP contribution in [0.2, 0.25) is 0 Å². The highest BCUT2D eigenvalue weighted by molar-refractivity contribution is 5.83. The lowest BCUT2D eigenvalue weighted by Gasteiger charge is -2.19. The van der Waals surface area contributed by atoms with Crippen LogP contribution in [0.15, 0.2) is 30.9 Å². The molecule has 0 aliphatic rings. The van der Waals surface area contributed by atoms with Gasteiger partial charge >= 0.3 is 6.09 Å². The van der Waals surface area contributed by atoms with E-state index >= 15 is 0 Å². The Morgan fingerprint density at radius 2 is 2.09 bits per heavy atom. The number of ether oxygens (including phenoxy) is 1. The fraction of sp³-hybridized carbons (Fsp3) is 0.438. The number of hydrogen-bond acceptors (Lipinski definition) is 5. The molecule has 0 unspecified atom stereocenters. The van der Waals surface area contributed by atoms with Crippen LogP contribution >= 0.6 is 0 Å². The monoisotopic (exact) mass is 317 g/mol. The molecule has 0 radical (unpaired) electrons. The van der Waals surface area contributed by atoms with Crippen molar-refractivity contribution in [2.24, 2.45) is 0 Å². The van der Waals surface area contributed by atoms with Gasteiger partial charge in [0.2, 0.25) is 0 Å². The minimum atomic E-state index is -0.534. The van der Waals surface area contributed by atoms with E-state index in [4.69, 9.17) is 4.74 Å². The molecule has 0 saturated heterocycles. The van der Waals surface area contributed by atoms with Crippen LogP contribution in [0.1, 0.15) is 33.4 Å². The van der Waals surface area contributed by atoms with Gasteiger partial charge in [0.25, 0.3) is 0 Å². The van der Waals surface area contributed by atoms with Crippen LogP contribution in [0.3, 0.4) is 0 Å². The molecule has 23 heavy (non-hydrogen) atoms. The van der Waals surface area contributed by atoms with Gasteiger partial charge in [-0.15, -0.1) is 0 Å². The van der Waals surface area contributed by atoms with Crippen LogP contribution in [-0.2, 0) is 17.8 Å². The van der Waals surface area contributed by atoms with Crippen LogP contribution < -0.4 is 10.6 Å². The van der Waals surface area contributed by atoms with E-state index in [0.29, 0.717) is 12.4 Å². The van der Waals surface area contributed by atoms with E-state index < -0.39 is 11.7 Å². The number of anilines is 2. The molecule has 2 N–H and O–H groups in total. The summed E-state index contributed by atoms with van der Waals surface area (Å²) in [5.41, 5.74) is 1.43. The summed E-state index contributed by atoms with van der Waals surface area (Å²) >= 11 is 0. The summed E-state index contributed by atoms with van der Waals surface area (Å²) in [7, 11) is 0. The largest absolute Gasteiger partial charge is 0.444 e. The first-order valence-electron chi connectivity index (χ1n) is 7.56. The summed E-state index contributed by atoms with van der Waals surface area (Å²) in [6, 6.07) is 3.58. The van der Waals surface area contributed by atoms with E-state index in [2.05, 4.69) is 32.1 Å². The molecule has 7 heteroatoms. The molecular formula is C16H23N5O2. The van der Waals surface area contributed by atoms with E-state index in [1.807, 2.05) is 39.4 Å². The summed E-state index contributed by atoms with van der Waals surface area (Å²) in [5.74, 6) is 0.448. The molecule has 7 nitrogen and oxygen atoms in total. The zero-order chi connectivity index (χ0) is 16.9. The Kier molecular flexibility index (Phi) is 5.20. The Labute approximate surface area is 136 Å². The van der Waals surface area contributed by atoms with Gasteiger partial charge in [-0.05, 0) is 39.8 Å². The van der Waals surface area contributed by atoms with Gasteiger partial charge in [-0.25, -0.2) is 14.8 Å². The number of pyridine rings is 1. The molecule has 124 valence electrons. The first kappa shape index (κ1) is 16.8. The van der Waals surface area contributed by atoms with Crippen molar-refractivity contribution in [2.45, 2.75) is 46.4 Å². The van der Waals surface area contributed by atoms with Gasteiger partial charge in [-0.3, -0.25) is 5.32 Å². The number of nitrogens with zero attached hydrogens (tertiary/aromatic N) is 3. The average molecular weight is 317 g/mol. The first-order valence-corrected chi connectivity index (χ1v) is 7.56. The first-order chi connectivity index (χ1) is 10.9. The number of aromatic nitrogens is 3. The maximum Gasteiger partial charge on any atom is 0.413 e. The lowest BCUT2D eigenvalue weighted by atomic mass is 10.2.